The van der Waals surface area contributed by atoms with Crippen molar-refractivity contribution in [1.82, 2.24) is 0 Å². The van der Waals surface area contributed by atoms with E-state index in [9.17, 15) is 0 Å². The number of benzene rings is 3. The highest BCUT2D eigenvalue weighted by molar-refractivity contribution is 6.80. The van der Waals surface area contributed by atoms with E-state index in [0.717, 1.165) is 18.2 Å². The van der Waals surface area contributed by atoms with Crippen molar-refractivity contribution in [3.63, 3.8) is 0 Å². The Bertz CT molecular complexity index is 926. The van der Waals surface area contributed by atoms with E-state index >= 15 is 0 Å². The van der Waals surface area contributed by atoms with Gasteiger partial charge in [0, 0.05) is 0 Å². The molecule has 0 N–H and O–H groups in total. The molecule has 2 unspecified atom stereocenters. The molecule has 3 aromatic carbocycles. The van der Waals surface area contributed by atoms with Crippen molar-refractivity contribution in [3.05, 3.63) is 126 Å². The molecular formula is C27H27B. The van der Waals surface area contributed by atoms with Crippen LogP contribution in [0, 0.1) is 18.8 Å². The fraction of sp³-hybridized carbons (Fsp3) is 0.185. The molecule has 1 fully saturated rings. The summed E-state index contributed by atoms with van der Waals surface area (Å²) in [5.41, 5.74) is 5.67. The van der Waals surface area contributed by atoms with Crippen LogP contribution in [0.5, 0.6) is 0 Å². The number of hydrogen-bond donors (Lipinski definition) is 0. The van der Waals surface area contributed by atoms with E-state index in [-0.39, 0.29) is 0 Å². The van der Waals surface area contributed by atoms with Crippen LogP contribution in [-0.4, -0.2) is 6.71 Å². The van der Waals surface area contributed by atoms with Crippen molar-refractivity contribution >= 4 is 12.2 Å². The SMILES string of the molecule is C1=CC2CC2C=C1B(Cc1ccccc1)c1ccccc1.Cc1ccccc1. The Balaban J connectivity index is 0.000000233. The van der Waals surface area contributed by atoms with E-state index in [2.05, 4.69) is 97.9 Å². The predicted octanol–water partition coefficient (Wildman–Crippen LogP) is 5.84. The Morgan fingerprint density at radius 1 is 0.750 bits per heavy atom. The van der Waals surface area contributed by atoms with Gasteiger partial charge in [0.15, 0.2) is 0 Å². The zero-order valence-corrected chi connectivity index (χ0v) is 16.5. The van der Waals surface area contributed by atoms with Crippen molar-refractivity contribution in [2.75, 3.05) is 0 Å². The van der Waals surface area contributed by atoms with Gasteiger partial charge in [0.2, 0.25) is 6.71 Å². The van der Waals surface area contributed by atoms with E-state index < -0.39 is 0 Å². The summed E-state index contributed by atoms with van der Waals surface area (Å²) in [4.78, 5) is 0. The van der Waals surface area contributed by atoms with E-state index in [1.807, 2.05) is 18.2 Å². The Morgan fingerprint density at radius 3 is 1.93 bits per heavy atom. The summed E-state index contributed by atoms with van der Waals surface area (Å²) in [5.74, 6) is 1.65. The zero-order valence-electron chi connectivity index (χ0n) is 16.5. The largest absolute Gasteiger partial charge is 0.213 e. The second-order valence-corrected chi connectivity index (χ2v) is 7.90. The molecule has 1 heteroatoms. The normalized spacial score (nSPS) is 19.0. The number of aryl methyl sites for hydroxylation is 1. The van der Waals surface area contributed by atoms with Gasteiger partial charge in [-0.1, -0.05) is 131 Å². The Kier molecular flexibility index (Phi) is 5.92. The van der Waals surface area contributed by atoms with Crippen molar-refractivity contribution in [3.8, 4) is 0 Å². The lowest BCUT2D eigenvalue weighted by Crippen LogP contribution is -2.35. The average Bonchev–Trinajstić information content (AvgIpc) is 3.53. The van der Waals surface area contributed by atoms with Gasteiger partial charge in [0.1, 0.15) is 0 Å². The number of allylic oxidation sites excluding steroid dienone is 4. The van der Waals surface area contributed by atoms with Crippen LogP contribution in [-0.2, 0) is 6.32 Å². The van der Waals surface area contributed by atoms with Crippen LogP contribution in [0.2, 0.25) is 0 Å². The molecule has 0 bridgehead atoms. The van der Waals surface area contributed by atoms with Gasteiger partial charge in [0.25, 0.3) is 0 Å². The third-order valence-electron chi connectivity index (χ3n) is 5.66. The topological polar surface area (TPSA) is 0 Å². The van der Waals surface area contributed by atoms with Gasteiger partial charge < -0.3 is 0 Å². The third-order valence-corrected chi connectivity index (χ3v) is 5.66. The average molecular weight is 362 g/mol. The summed E-state index contributed by atoms with van der Waals surface area (Å²) < 4.78 is 0. The molecule has 0 saturated heterocycles. The van der Waals surface area contributed by atoms with Gasteiger partial charge in [-0.05, 0) is 31.5 Å². The molecule has 0 radical (unpaired) electrons. The summed E-state index contributed by atoms with van der Waals surface area (Å²) in [6, 6.07) is 32.0. The molecule has 0 aliphatic heterocycles. The minimum atomic E-state index is 0.478. The number of fused-ring (bicyclic) bond motifs is 1. The van der Waals surface area contributed by atoms with E-state index in [4.69, 9.17) is 0 Å². The molecule has 28 heavy (non-hydrogen) atoms. The number of hydrogen-bond acceptors (Lipinski definition) is 0. The van der Waals surface area contributed by atoms with E-state index in [1.165, 1.54) is 28.5 Å². The highest BCUT2D eigenvalue weighted by atomic mass is 14.4. The molecule has 2 aliphatic rings. The quantitative estimate of drug-likeness (QED) is 0.512. The third kappa shape index (κ3) is 4.92. The molecule has 0 spiro atoms. The summed E-state index contributed by atoms with van der Waals surface area (Å²) in [6.07, 6.45) is 9.74. The first kappa shape index (κ1) is 18.6. The molecule has 138 valence electrons. The predicted molar refractivity (Wildman–Crippen MR) is 122 cm³/mol. The monoisotopic (exact) mass is 362 g/mol. The second-order valence-electron chi connectivity index (χ2n) is 7.90. The first-order valence-electron chi connectivity index (χ1n) is 10.3. The van der Waals surface area contributed by atoms with Crippen LogP contribution in [0.4, 0.5) is 0 Å². The molecule has 1 saturated carbocycles. The molecule has 0 nitrogen and oxygen atoms in total. The maximum Gasteiger partial charge on any atom is 0.213 e. The van der Waals surface area contributed by atoms with E-state index in [1.54, 1.807) is 0 Å². The molecule has 0 aromatic heterocycles. The van der Waals surface area contributed by atoms with Gasteiger partial charge >= 0.3 is 0 Å². The first-order valence-corrected chi connectivity index (χ1v) is 10.3. The Hall–Kier alpha value is -2.80. The molecule has 3 aromatic rings. The van der Waals surface area contributed by atoms with Crippen LogP contribution in [0.1, 0.15) is 17.5 Å². The van der Waals surface area contributed by atoms with E-state index in [0.29, 0.717) is 6.71 Å². The Morgan fingerprint density at radius 2 is 1.36 bits per heavy atom. The first-order chi connectivity index (χ1) is 13.8. The Labute approximate surface area is 169 Å². The lowest BCUT2D eigenvalue weighted by atomic mass is 9.37. The van der Waals surface area contributed by atoms with Crippen molar-refractivity contribution < 1.29 is 0 Å². The van der Waals surface area contributed by atoms with Crippen molar-refractivity contribution in [2.45, 2.75) is 19.7 Å². The van der Waals surface area contributed by atoms with Crippen LogP contribution in [0.25, 0.3) is 0 Å². The maximum atomic E-state index is 2.52. The highest BCUT2D eigenvalue weighted by Gasteiger charge is 2.36. The van der Waals surface area contributed by atoms with Gasteiger partial charge in [-0.25, -0.2) is 0 Å². The molecule has 0 heterocycles. The standard InChI is InChI=1S/C20H19B.C7H8/c1-3-7-16(8-4-1)15-21(19-9-5-2-6-10-19)20-12-11-17-13-18(17)14-20;1-7-5-3-2-4-6-7/h1-12,14,17-18H,13,15H2;2-6H,1H3. The van der Waals surface area contributed by atoms with Crippen LogP contribution >= 0.6 is 0 Å². The van der Waals surface area contributed by atoms with Crippen molar-refractivity contribution in [2.24, 2.45) is 11.8 Å². The fourth-order valence-electron chi connectivity index (χ4n) is 3.92. The second kappa shape index (κ2) is 8.93. The summed E-state index contributed by atoms with van der Waals surface area (Å²) in [5, 5.41) is 0. The van der Waals surface area contributed by atoms with Crippen LogP contribution in [0.3, 0.4) is 0 Å². The van der Waals surface area contributed by atoms with Crippen LogP contribution < -0.4 is 5.46 Å². The zero-order chi connectivity index (χ0) is 19.2. The maximum absolute atomic E-state index is 2.52. The lowest BCUT2D eigenvalue weighted by molar-refractivity contribution is 0.975. The van der Waals surface area contributed by atoms with Gasteiger partial charge in [0.05, 0.1) is 0 Å². The summed E-state index contributed by atoms with van der Waals surface area (Å²) in [7, 11) is 0. The molecule has 0 amide bonds. The summed E-state index contributed by atoms with van der Waals surface area (Å²) >= 11 is 0. The fourth-order valence-corrected chi connectivity index (χ4v) is 3.92. The van der Waals surface area contributed by atoms with Crippen molar-refractivity contribution in [1.29, 1.82) is 0 Å². The summed E-state index contributed by atoms with van der Waals surface area (Å²) in [6.45, 7) is 2.56. The number of rotatable bonds is 4. The smallest absolute Gasteiger partial charge is 0.0859 e. The van der Waals surface area contributed by atoms with Gasteiger partial charge in [-0.2, -0.15) is 0 Å². The molecule has 2 aliphatic carbocycles. The van der Waals surface area contributed by atoms with Crippen LogP contribution in [0.15, 0.2) is 115 Å². The minimum absolute atomic E-state index is 0.478. The minimum Gasteiger partial charge on any atom is -0.0859 e. The highest BCUT2D eigenvalue weighted by Crippen LogP contribution is 2.44. The van der Waals surface area contributed by atoms with Gasteiger partial charge in [-0.15, -0.1) is 0 Å². The molecule has 2 atom stereocenters. The molecule has 5 rings (SSSR count). The lowest BCUT2D eigenvalue weighted by Gasteiger charge is -2.18. The van der Waals surface area contributed by atoms with Gasteiger partial charge in [-0.3, -0.25) is 0 Å². The molecular weight excluding hydrogens is 335 g/mol.